The number of hydrogen-bond donors (Lipinski definition) is 5. The van der Waals surface area contributed by atoms with E-state index in [4.69, 9.17) is 5.73 Å². The van der Waals surface area contributed by atoms with Crippen molar-refractivity contribution < 1.29 is 33.9 Å². The van der Waals surface area contributed by atoms with Gasteiger partial charge in [0.1, 0.15) is 6.04 Å². The van der Waals surface area contributed by atoms with Crippen molar-refractivity contribution in [1.82, 2.24) is 25.8 Å². The zero-order valence-electron chi connectivity index (χ0n) is 24.8. The Bertz CT molecular complexity index is 1060. The van der Waals surface area contributed by atoms with Crippen molar-refractivity contribution in [3.05, 3.63) is 12.2 Å². The summed E-state index contributed by atoms with van der Waals surface area (Å²) >= 11 is 0. The van der Waals surface area contributed by atoms with Crippen LogP contribution < -0.4 is 21.7 Å². The Balaban J connectivity index is 1.54. The summed E-state index contributed by atoms with van der Waals surface area (Å²) in [6.07, 6.45) is 5.06. The van der Waals surface area contributed by atoms with Crippen LogP contribution in [-0.2, 0) is 28.8 Å². The lowest BCUT2D eigenvalue weighted by Gasteiger charge is -2.40. The minimum Gasteiger partial charge on any atom is -0.481 e. The first-order chi connectivity index (χ1) is 20.6. The standard InChI is InChI=1S/C28H44N6O7S2/c1-30-9-10-31-27(39)20(33(2)23(36)6-4-3-5-11-34-24(37)7-8-25(34)38)14-22(35)32-16-18-12-17(28(40)41)13-21-26(43-42-21)19(18)15-29/h7-8,17-21,26,30H,3-6,9-16,29H2,1-2H3,(H,31,39)(H,32,35)(H,40,41)/t17?,18?,19?,20-,21?,26?/m0/s1. The van der Waals surface area contributed by atoms with Crippen LogP contribution in [0.1, 0.15) is 44.9 Å². The van der Waals surface area contributed by atoms with Gasteiger partial charge in [0.2, 0.25) is 17.7 Å². The molecule has 15 heteroatoms. The normalized spacial score (nSPS) is 25.4. The molecule has 1 saturated carbocycles. The highest BCUT2D eigenvalue weighted by Crippen LogP contribution is 2.57. The van der Waals surface area contributed by atoms with E-state index in [2.05, 4.69) is 16.0 Å². The van der Waals surface area contributed by atoms with Gasteiger partial charge in [-0.15, -0.1) is 0 Å². The number of carbonyl (C=O) groups excluding carboxylic acids is 5. The van der Waals surface area contributed by atoms with Crippen LogP contribution in [0.15, 0.2) is 12.2 Å². The van der Waals surface area contributed by atoms with Gasteiger partial charge in [-0.05, 0) is 51.1 Å². The number of aliphatic carboxylic acids is 1. The number of nitrogens with one attached hydrogen (secondary N) is 3. The van der Waals surface area contributed by atoms with Gasteiger partial charge < -0.3 is 31.7 Å². The predicted molar refractivity (Wildman–Crippen MR) is 165 cm³/mol. The second kappa shape index (κ2) is 17.0. The quantitative estimate of drug-likeness (QED) is 0.0814. The molecule has 0 radical (unpaired) electrons. The Morgan fingerprint density at radius 2 is 1.79 bits per heavy atom. The molecule has 1 aliphatic carbocycles. The number of likely N-dealkylation sites (N-methyl/N-ethyl adjacent to an activating group) is 2. The summed E-state index contributed by atoms with van der Waals surface area (Å²) in [5, 5.41) is 18.8. The first-order valence-corrected chi connectivity index (χ1v) is 17.1. The summed E-state index contributed by atoms with van der Waals surface area (Å²) in [7, 11) is 6.68. The highest BCUT2D eigenvalue weighted by atomic mass is 33.1. The number of imide groups is 1. The molecule has 2 heterocycles. The van der Waals surface area contributed by atoms with Crippen LogP contribution in [0.3, 0.4) is 0 Å². The van der Waals surface area contributed by atoms with E-state index in [1.807, 2.05) is 0 Å². The van der Waals surface area contributed by atoms with Crippen LogP contribution in [-0.4, -0.2) is 114 Å². The molecule has 5 unspecified atom stereocenters. The third kappa shape index (κ3) is 9.68. The van der Waals surface area contributed by atoms with Crippen molar-refractivity contribution in [1.29, 1.82) is 0 Å². The first kappa shape index (κ1) is 34.9. The maximum atomic E-state index is 13.1. The monoisotopic (exact) mass is 640 g/mol. The van der Waals surface area contributed by atoms with Gasteiger partial charge in [-0.2, -0.15) is 0 Å². The molecular formula is C28H44N6O7S2. The topological polar surface area (TPSA) is 191 Å². The molecule has 0 spiro atoms. The maximum absolute atomic E-state index is 13.1. The van der Waals surface area contributed by atoms with Crippen molar-refractivity contribution >= 4 is 57.1 Å². The Hall–Kier alpha value is -2.62. The number of nitrogens with two attached hydrogens (primary N) is 1. The van der Waals surface area contributed by atoms with E-state index in [1.54, 1.807) is 28.6 Å². The molecule has 3 aliphatic rings. The van der Waals surface area contributed by atoms with E-state index in [0.717, 1.165) is 4.90 Å². The van der Waals surface area contributed by atoms with Crippen molar-refractivity contribution in [2.45, 2.75) is 61.5 Å². The molecule has 6 N–H and O–H groups in total. The molecular weight excluding hydrogens is 596 g/mol. The second-order valence-corrected chi connectivity index (χ2v) is 13.9. The van der Waals surface area contributed by atoms with Crippen molar-refractivity contribution in [3.63, 3.8) is 0 Å². The Labute approximate surface area is 260 Å². The molecule has 2 aliphatic heterocycles. The lowest BCUT2D eigenvalue weighted by molar-refractivity contribution is -0.142. The summed E-state index contributed by atoms with van der Waals surface area (Å²) in [6.45, 7) is 1.78. The Morgan fingerprint density at radius 1 is 1.07 bits per heavy atom. The molecule has 1 saturated heterocycles. The van der Waals surface area contributed by atoms with Gasteiger partial charge in [0, 0.05) is 62.3 Å². The predicted octanol–water partition coefficient (Wildman–Crippen LogP) is -0.0414. The van der Waals surface area contributed by atoms with Crippen LogP contribution in [0.5, 0.6) is 0 Å². The average Bonchev–Trinajstić information content (AvgIpc) is 3.23. The van der Waals surface area contributed by atoms with Crippen LogP contribution in [0, 0.1) is 17.8 Å². The van der Waals surface area contributed by atoms with E-state index in [1.165, 1.54) is 24.1 Å². The van der Waals surface area contributed by atoms with Gasteiger partial charge in [0.05, 0.1) is 12.3 Å². The SMILES string of the molecule is CNCCNC(=O)[C@H](CC(=O)NCC1CC(C(=O)O)CC2SSC2C1CN)N(C)C(=O)CCCCCN1C(=O)C=CC1=O. The molecule has 0 aromatic rings. The lowest BCUT2D eigenvalue weighted by Crippen LogP contribution is -2.51. The van der Waals surface area contributed by atoms with Gasteiger partial charge in [0.15, 0.2) is 0 Å². The molecule has 0 bridgehead atoms. The maximum Gasteiger partial charge on any atom is 0.306 e. The fourth-order valence-corrected chi connectivity index (χ4v) is 9.07. The fourth-order valence-electron chi connectivity index (χ4n) is 5.72. The molecule has 6 atom stereocenters. The zero-order valence-corrected chi connectivity index (χ0v) is 26.4. The number of nitrogens with zero attached hydrogens (tertiary/aromatic N) is 2. The number of unbranched alkanes of at least 4 members (excludes halogenated alkanes) is 2. The number of rotatable bonds is 17. The van der Waals surface area contributed by atoms with E-state index in [9.17, 15) is 33.9 Å². The lowest BCUT2D eigenvalue weighted by atomic mass is 9.85. The largest absolute Gasteiger partial charge is 0.481 e. The number of hydrogen-bond acceptors (Lipinski definition) is 10. The smallest absolute Gasteiger partial charge is 0.306 e. The second-order valence-electron chi connectivity index (χ2n) is 11.3. The number of carbonyl (C=O) groups is 6. The van der Waals surface area contributed by atoms with E-state index in [-0.39, 0.29) is 66.0 Å². The van der Waals surface area contributed by atoms with E-state index >= 15 is 0 Å². The zero-order chi connectivity index (χ0) is 31.5. The first-order valence-electron chi connectivity index (χ1n) is 14.8. The van der Waals surface area contributed by atoms with Crippen LogP contribution in [0.4, 0.5) is 0 Å². The summed E-state index contributed by atoms with van der Waals surface area (Å²) in [6, 6.07) is -1.02. The Morgan fingerprint density at radius 3 is 2.40 bits per heavy atom. The van der Waals surface area contributed by atoms with Gasteiger partial charge in [-0.3, -0.25) is 33.7 Å². The highest BCUT2D eigenvalue weighted by molar-refractivity contribution is 8.80. The van der Waals surface area contributed by atoms with Crippen molar-refractivity contribution in [2.24, 2.45) is 23.5 Å². The van der Waals surface area contributed by atoms with Crippen LogP contribution in [0.25, 0.3) is 0 Å². The van der Waals surface area contributed by atoms with E-state index in [0.29, 0.717) is 51.7 Å². The number of amides is 5. The minimum atomic E-state index is -1.02. The summed E-state index contributed by atoms with van der Waals surface area (Å²) in [5.41, 5.74) is 6.11. The summed E-state index contributed by atoms with van der Waals surface area (Å²) in [4.78, 5) is 76.9. The highest BCUT2D eigenvalue weighted by Gasteiger charge is 2.47. The molecule has 5 amide bonds. The molecule has 2 fully saturated rings. The fraction of sp³-hybridized carbons (Fsp3) is 0.714. The van der Waals surface area contributed by atoms with Gasteiger partial charge in [-0.25, -0.2) is 0 Å². The van der Waals surface area contributed by atoms with Gasteiger partial charge in [-0.1, -0.05) is 28.0 Å². The molecule has 43 heavy (non-hydrogen) atoms. The molecule has 0 aromatic carbocycles. The Kier molecular flexibility index (Phi) is 13.8. The molecule has 13 nitrogen and oxygen atoms in total. The number of carboxylic acids is 1. The van der Waals surface area contributed by atoms with Crippen LogP contribution in [0.2, 0.25) is 0 Å². The third-order valence-corrected chi connectivity index (χ3v) is 12.0. The summed E-state index contributed by atoms with van der Waals surface area (Å²) in [5.74, 6) is -3.18. The third-order valence-electron chi connectivity index (χ3n) is 8.36. The number of carboxylic acid groups (broad SMARTS) is 1. The average molecular weight is 641 g/mol. The van der Waals surface area contributed by atoms with Crippen molar-refractivity contribution in [3.8, 4) is 0 Å². The summed E-state index contributed by atoms with van der Waals surface area (Å²) < 4.78 is 0. The molecule has 3 rings (SSSR count). The minimum absolute atomic E-state index is 0.0729. The van der Waals surface area contributed by atoms with Gasteiger partial charge in [0.25, 0.3) is 11.8 Å². The van der Waals surface area contributed by atoms with Crippen LogP contribution >= 0.6 is 21.6 Å². The molecule has 240 valence electrons. The molecule has 0 aromatic heterocycles. The van der Waals surface area contributed by atoms with Gasteiger partial charge >= 0.3 is 5.97 Å². The van der Waals surface area contributed by atoms with Crippen molar-refractivity contribution in [2.75, 3.05) is 46.8 Å². The number of fused-ring (bicyclic) bond motifs is 1. The van der Waals surface area contributed by atoms with E-state index < -0.39 is 29.7 Å².